The Kier molecular flexibility index (Phi) is 9.61. The molecule has 2 aromatic carbocycles. The van der Waals surface area contributed by atoms with Crippen LogP contribution < -0.4 is 14.4 Å². The molecular formula is C30H32F6N2O7. The summed E-state index contributed by atoms with van der Waals surface area (Å²) in [4.78, 5) is 41.4. The van der Waals surface area contributed by atoms with Crippen LogP contribution in [0.2, 0.25) is 0 Å². The smallest absolute Gasteiger partial charge is 0.481 e. The van der Waals surface area contributed by atoms with Crippen molar-refractivity contribution in [2.75, 3.05) is 24.5 Å². The summed E-state index contributed by atoms with van der Waals surface area (Å²) in [7, 11) is 0. The molecule has 1 N–H and O–H groups in total. The molecule has 0 spiro atoms. The van der Waals surface area contributed by atoms with E-state index in [1.54, 1.807) is 20.8 Å². The van der Waals surface area contributed by atoms with Gasteiger partial charge >= 0.3 is 18.7 Å². The molecule has 2 heterocycles. The fourth-order valence-corrected chi connectivity index (χ4v) is 5.37. The van der Waals surface area contributed by atoms with Crippen LogP contribution in [0.15, 0.2) is 42.5 Å². The van der Waals surface area contributed by atoms with Gasteiger partial charge in [-0.2, -0.15) is 0 Å². The first-order chi connectivity index (χ1) is 20.8. The highest BCUT2D eigenvalue weighted by Crippen LogP contribution is 2.45. The number of nitrogens with zero attached hydrogens (tertiary/aromatic N) is 2. The van der Waals surface area contributed by atoms with Crippen molar-refractivity contribution >= 4 is 23.5 Å². The number of likely N-dealkylation sites (tertiary alicyclic amines) is 1. The molecule has 2 aromatic rings. The number of aliphatic carboxylic acids is 1. The number of rotatable bonds is 7. The maximum Gasteiger partial charge on any atom is 0.573 e. The number of piperidine rings is 1. The summed E-state index contributed by atoms with van der Waals surface area (Å²) < 4.78 is 94.2. The second kappa shape index (κ2) is 12.8. The van der Waals surface area contributed by atoms with Gasteiger partial charge in [0, 0.05) is 30.8 Å². The number of carbonyl (C=O) groups is 3. The van der Waals surface area contributed by atoms with Crippen molar-refractivity contribution in [2.24, 2.45) is 11.3 Å². The summed E-state index contributed by atoms with van der Waals surface area (Å²) in [6.45, 7) is 5.60. The highest BCUT2D eigenvalue weighted by molar-refractivity contribution is 6.00. The molecule has 0 aromatic heterocycles. The summed E-state index contributed by atoms with van der Waals surface area (Å²) in [5, 5.41) is 9.28. The fraction of sp³-hybridized carbons (Fsp3) is 0.500. The van der Waals surface area contributed by atoms with Gasteiger partial charge in [0.25, 0.3) is 5.91 Å². The van der Waals surface area contributed by atoms with Crippen LogP contribution in [0.1, 0.15) is 57.3 Å². The van der Waals surface area contributed by atoms with E-state index in [-0.39, 0.29) is 49.3 Å². The van der Waals surface area contributed by atoms with Crippen molar-refractivity contribution in [3.8, 4) is 11.5 Å². The zero-order chi connectivity index (χ0) is 33.3. The Labute approximate surface area is 254 Å². The third-order valence-corrected chi connectivity index (χ3v) is 7.26. The van der Waals surface area contributed by atoms with Gasteiger partial charge in [-0.25, -0.2) is 0 Å². The summed E-state index contributed by atoms with van der Waals surface area (Å²) >= 11 is 0. The van der Waals surface area contributed by atoms with E-state index in [1.807, 2.05) is 0 Å². The summed E-state index contributed by atoms with van der Waals surface area (Å²) in [5.74, 6) is -4.34. The molecule has 2 aliphatic heterocycles. The molecule has 45 heavy (non-hydrogen) atoms. The first-order valence-corrected chi connectivity index (χ1v) is 14.0. The van der Waals surface area contributed by atoms with E-state index in [1.165, 1.54) is 34.1 Å². The van der Waals surface area contributed by atoms with Crippen molar-refractivity contribution in [1.82, 2.24) is 4.90 Å². The number of amides is 2. The number of hydrogen-bond donors (Lipinski definition) is 1. The Balaban J connectivity index is 1.82. The van der Waals surface area contributed by atoms with E-state index >= 15 is 0 Å². The molecule has 0 radical (unpaired) electrons. The topological polar surface area (TPSA) is 106 Å². The Morgan fingerprint density at radius 1 is 0.933 bits per heavy atom. The lowest BCUT2D eigenvalue weighted by Gasteiger charge is -2.33. The molecule has 2 unspecified atom stereocenters. The number of carboxylic acids is 1. The van der Waals surface area contributed by atoms with Gasteiger partial charge in [-0.15, -0.1) is 26.3 Å². The van der Waals surface area contributed by atoms with Gasteiger partial charge in [0.05, 0.1) is 18.0 Å². The van der Waals surface area contributed by atoms with Crippen molar-refractivity contribution in [3.05, 3.63) is 53.6 Å². The molecule has 0 bridgehead atoms. The van der Waals surface area contributed by atoms with E-state index in [2.05, 4.69) is 9.47 Å². The SMILES string of the molecule is CC(C)(C)CN1C(=O)C(CC(=O)N2CCC(C(=O)O)CC2)OC(c2ccccc2OC(F)(F)F)c2cc(OC(F)(F)F)ccc21. The van der Waals surface area contributed by atoms with Gasteiger partial charge in [-0.3, -0.25) is 14.4 Å². The van der Waals surface area contributed by atoms with Crippen LogP contribution in [0.4, 0.5) is 32.0 Å². The van der Waals surface area contributed by atoms with Crippen LogP contribution in [0.3, 0.4) is 0 Å². The molecule has 1 saturated heterocycles. The largest absolute Gasteiger partial charge is 0.573 e. The van der Waals surface area contributed by atoms with Crippen molar-refractivity contribution in [3.63, 3.8) is 0 Å². The summed E-state index contributed by atoms with van der Waals surface area (Å²) in [6.07, 6.45) is -13.6. The number of alkyl halides is 6. The summed E-state index contributed by atoms with van der Waals surface area (Å²) in [5.41, 5.74) is -0.915. The number of ether oxygens (including phenoxy) is 3. The standard InChI is InChI=1S/C30H32F6N2O7/c1-28(2,3)16-38-21-9-8-18(44-29(31,32)33)14-20(21)25(19-6-4-5-7-22(19)45-30(34,35)36)43-23(26(38)40)15-24(39)37-12-10-17(11-13-37)27(41)42/h4-9,14,17,23,25H,10-13,15-16H2,1-3H3,(H,41,42). The number of para-hydroxylation sites is 1. The van der Waals surface area contributed by atoms with Crippen LogP contribution in [0.25, 0.3) is 0 Å². The second-order valence-electron chi connectivity index (χ2n) is 12.0. The van der Waals surface area contributed by atoms with Gasteiger partial charge in [0.1, 0.15) is 23.7 Å². The number of anilines is 1. The van der Waals surface area contributed by atoms with Crippen molar-refractivity contribution in [1.29, 1.82) is 0 Å². The van der Waals surface area contributed by atoms with Gasteiger partial charge in [0.15, 0.2) is 0 Å². The molecule has 0 aliphatic carbocycles. The fourth-order valence-electron chi connectivity index (χ4n) is 5.37. The van der Waals surface area contributed by atoms with E-state index in [9.17, 15) is 45.8 Å². The minimum Gasteiger partial charge on any atom is -0.481 e. The van der Waals surface area contributed by atoms with E-state index in [0.717, 1.165) is 18.2 Å². The van der Waals surface area contributed by atoms with Gasteiger partial charge in [0.2, 0.25) is 5.91 Å². The number of hydrogen-bond acceptors (Lipinski definition) is 6. The average Bonchev–Trinajstić information content (AvgIpc) is 3.01. The Morgan fingerprint density at radius 2 is 1.56 bits per heavy atom. The third-order valence-electron chi connectivity index (χ3n) is 7.26. The number of fused-ring (bicyclic) bond motifs is 1. The predicted octanol–water partition coefficient (Wildman–Crippen LogP) is 6.06. The quantitative estimate of drug-likeness (QED) is 0.365. The molecule has 9 nitrogen and oxygen atoms in total. The molecular weight excluding hydrogens is 614 g/mol. The third kappa shape index (κ3) is 8.80. The zero-order valence-electron chi connectivity index (χ0n) is 24.6. The molecule has 15 heteroatoms. The van der Waals surface area contributed by atoms with Crippen LogP contribution >= 0.6 is 0 Å². The van der Waals surface area contributed by atoms with E-state index < -0.39 is 72.0 Å². The number of benzene rings is 2. The Bertz CT molecular complexity index is 1410. The van der Waals surface area contributed by atoms with E-state index in [4.69, 9.17) is 4.74 Å². The molecule has 0 saturated carbocycles. The maximum absolute atomic E-state index is 14.1. The van der Waals surface area contributed by atoms with E-state index in [0.29, 0.717) is 0 Å². The first kappa shape index (κ1) is 33.9. The average molecular weight is 647 g/mol. The van der Waals surface area contributed by atoms with Gasteiger partial charge in [-0.05, 0) is 42.5 Å². The van der Waals surface area contributed by atoms with Crippen LogP contribution in [-0.2, 0) is 19.1 Å². The van der Waals surface area contributed by atoms with Crippen molar-refractivity contribution < 1.29 is 60.0 Å². The van der Waals surface area contributed by atoms with Crippen molar-refractivity contribution in [2.45, 2.75) is 65.0 Å². The lowest BCUT2D eigenvalue weighted by Crippen LogP contribution is -2.47. The lowest BCUT2D eigenvalue weighted by atomic mass is 9.94. The highest BCUT2D eigenvalue weighted by atomic mass is 19.4. The maximum atomic E-state index is 14.1. The molecule has 2 amide bonds. The highest BCUT2D eigenvalue weighted by Gasteiger charge is 2.42. The predicted molar refractivity (Wildman–Crippen MR) is 146 cm³/mol. The van der Waals surface area contributed by atoms with Gasteiger partial charge < -0.3 is 29.1 Å². The van der Waals surface area contributed by atoms with Crippen LogP contribution in [0, 0.1) is 11.3 Å². The zero-order valence-corrected chi connectivity index (χ0v) is 24.6. The Hall–Kier alpha value is -4.01. The number of carbonyl (C=O) groups excluding carboxylic acids is 2. The molecule has 1 fully saturated rings. The molecule has 4 rings (SSSR count). The van der Waals surface area contributed by atoms with Crippen LogP contribution in [-0.4, -0.2) is 66.3 Å². The second-order valence-corrected chi connectivity index (χ2v) is 12.0. The molecule has 2 aliphatic rings. The monoisotopic (exact) mass is 646 g/mol. The number of carboxylic acid groups (broad SMARTS) is 1. The minimum atomic E-state index is -5.14. The summed E-state index contributed by atoms with van der Waals surface area (Å²) in [6, 6.07) is 7.92. The van der Waals surface area contributed by atoms with Crippen LogP contribution in [0.5, 0.6) is 11.5 Å². The Morgan fingerprint density at radius 3 is 2.13 bits per heavy atom. The minimum absolute atomic E-state index is 0.00375. The first-order valence-electron chi connectivity index (χ1n) is 14.0. The lowest BCUT2D eigenvalue weighted by molar-refractivity contribution is -0.276. The van der Waals surface area contributed by atoms with Gasteiger partial charge in [-0.1, -0.05) is 39.0 Å². The molecule has 246 valence electrons. The number of halogens is 6. The molecule has 2 atom stereocenters. The normalized spacial score (nSPS) is 20.0.